The van der Waals surface area contributed by atoms with Crippen molar-refractivity contribution < 1.29 is 0 Å². The van der Waals surface area contributed by atoms with E-state index in [2.05, 4.69) is 53.6 Å². The van der Waals surface area contributed by atoms with Crippen LogP contribution in [0, 0.1) is 22.4 Å². The summed E-state index contributed by atoms with van der Waals surface area (Å²) in [6.07, 6.45) is 6.13. The molecule has 1 aliphatic rings. The molecule has 0 atom stereocenters. The Kier molecular flexibility index (Phi) is 6.01. The van der Waals surface area contributed by atoms with E-state index in [0.29, 0.717) is 16.5 Å². The van der Waals surface area contributed by atoms with E-state index in [-0.39, 0.29) is 0 Å². The summed E-state index contributed by atoms with van der Waals surface area (Å²) in [5, 5.41) is 0. The maximum Gasteiger partial charge on any atom is 0.144 e. The lowest BCUT2D eigenvalue weighted by Crippen LogP contribution is -2.19. The van der Waals surface area contributed by atoms with Gasteiger partial charge in [0, 0.05) is 11.6 Å². The topological polar surface area (TPSA) is 28.7 Å². The lowest BCUT2D eigenvalue weighted by molar-refractivity contribution is 0.254. The Hall–Kier alpha value is -0.220. The Bertz CT molecular complexity index is 528. The molecule has 1 aromatic heterocycles. The highest BCUT2D eigenvalue weighted by Gasteiger charge is 2.26. The molecule has 1 fully saturated rings. The second kappa shape index (κ2) is 7.36. The van der Waals surface area contributed by atoms with E-state index in [1.807, 2.05) is 0 Å². The number of halogens is 1. The van der Waals surface area contributed by atoms with Gasteiger partial charge in [-0.2, -0.15) is 0 Å². The maximum atomic E-state index is 5.44. The minimum absolute atomic E-state index is 0.556. The van der Waals surface area contributed by atoms with Crippen molar-refractivity contribution in [2.24, 2.45) is 17.8 Å². The number of nitrogens with one attached hydrogen (secondary N) is 1. The fraction of sp³-hybridized carbons (Fsp3) is 0.765. The molecule has 0 amide bonds. The summed E-state index contributed by atoms with van der Waals surface area (Å²) in [7, 11) is 0. The molecule has 1 heterocycles. The maximum absolute atomic E-state index is 5.44. The predicted octanol–water partition coefficient (Wildman–Crippen LogP) is 6.03. The van der Waals surface area contributed by atoms with Crippen LogP contribution in [0.15, 0.2) is 4.47 Å². The quantitative estimate of drug-likeness (QED) is 0.655. The highest BCUT2D eigenvalue weighted by Crippen LogP contribution is 2.38. The third-order valence-corrected chi connectivity index (χ3v) is 6.08. The smallest absolute Gasteiger partial charge is 0.144 e. The van der Waals surface area contributed by atoms with Crippen LogP contribution >= 0.6 is 28.1 Å². The highest BCUT2D eigenvalue weighted by atomic mass is 79.9. The monoisotopic (exact) mass is 370 g/mol. The largest absolute Gasteiger partial charge is 0.346 e. The van der Waals surface area contributed by atoms with Gasteiger partial charge in [-0.25, -0.2) is 4.98 Å². The molecule has 4 heteroatoms. The predicted molar refractivity (Wildman–Crippen MR) is 95.2 cm³/mol. The summed E-state index contributed by atoms with van der Waals surface area (Å²) < 4.78 is 1.69. The van der Waals surface area contributed by atoms with Crippen molar-refractivity contribution in [2.75, 3.05) is 0 Å². The fourth-order valence-corrected chi connectivity index (χ4v) is 3.90. The van der Waals surface area contributed by atoms with E-state index < -0.39 is 0 Å². The highest BCUT2D eigenvalue weighted by molar-refractivity contribution is 9.10. The van der Waals surface area contributed by atoms with Gasteiger partial charge in [0.15, 0.2) is 0 Å². The Morgan fingerprint density at radius 1 is 1.19 bits per heavy atom. The van der Waals surface area contributed by atoms with Gasteiger partial charge in [0.05, 0.1) is 4.47 Å². The van der Waals surface area contributed by atoms with Crippen LogP contribution in [-0.4, -0.2) is 9.97 Å². The zero-order chi connectivity index (χ0) is 15.6. The van der Waals surface area contributed by atoms with Crippen molar-refractivity contribution >= 4 is 28.1 Å². The molecule has 0 spiro atoms. The lowest BCUT2D eigenvalue weighted by Gasteiger charge is -2.30. The molecule has 1 aromatic rings. The second-order valence-electron chi connectivity index (χ2n) is 7.17. The minimum atomic E-state index is 0.556. The lowest BCUT2D eigenvalue weighted by atomic mass is 9.76. The summed E-state index contributed by atoms with van der Waals surface area (Å²) in [5.74, 6) is 3.97. The first-order valence-corrected chi connectivity index (χ1v) is 9.37. The standard InChI is InChI=1S/C17H27BrN2S/c1-10(2)9-14-15(18)17(21)20-16(19-14)13-7-5-12(6-8-13)11(3)4/h10-13H,5-9H2,1-4H3,(H,19,20,21). The van der Waals surface area contributed by atoms with Crippen molar-refractivity contribution in [1.29, 1.82) is 0 Å². The summed E-state index contributed by atoms with van der Waals surface area (Å²) in [4.78, 5) is 8.22. The van der Waals surface area contributed by atoms with Gasteiger partial charge < -0.3 is 4.98 Å². The van der Waals surface area contributed by atoms with E-state index in [9.17, 15) is 0 Å². The van der Waals surface area contributed by atoms with Gasteiger partial charge in [-0.05, 0) is 65.8 Å². The van der Waals surface area contributed by atoms with Crippen molar-refractivity contribution in [2.45, 2.75) is 65.7 Å². The number of rotatable bonds is 4. The van der Waals surface area contributed by atoms with E-state index in [4.69, 9.17) is 12.2 Å². The van der Waals surface area contributed by atoms with Crippen LogP contribution in [0.4, 0.5) is 0 Å². The van der Waals surface area contributed by atoms with Crippen LogP contribution in [0.3, 0.4) is 0 Å². The third-order valence-electron chi connectivity index (χ3n) is 4.67. The SMILES string of the molecule is CC(C)Cc1[nH]c(C2CCC(C(C)C)CC2)nc(=S)c1Br. The molecule has 2 nitrogen and oxygen atoms in total. The van der Waals surface area contributed by atoms with Gasteiger partial charge in [-0.15, -0.1) is 0 Å². The molecule has 2 rings (SSSR count). The summed E-state index contributed by atoms with van der Waals surface area (Å²) >= 11 is 9.03. The number of nitrogens with zero attached hydrogens (tertiary/aromatic N) is 1. The summed E-state index contributed by atoms with van der Waals surface area (Å²) in [6, 6.07) is 0. The van der Waals surface area contributed by atoms with Gasteiger partial charge in [0.1, 0.15) is 10.5 Å². The minimum Gasteiger partial charge on any atom is -0.346 e. The number of H-pyrrole nitrogens is 1. The van der Waals surface area contributed by atoms with E-state index >= 15 is 0 Å². The van der Waals surface area contributed by atoms with Crippen molar-refractivity contribution in [1.82, 2.24) is 9.97 Å². The third kappa shape index (κ3) is 4.38. The van der Waals surface area contributed by atoms with Gasteiger partial charge >= 0.3 is 0 Å². The van der Waals surface area contributed by atoms with Gasteiger partial charge in [-0.1, -0.05) is 39.9 Å². The Morgan fingerprint density at radius 3 is 2.33 bits per heavy atom. The molecule has 118 valence electrons. The molecule has 0 bridgehead atoms. The zero-order valence-electron chi connectivity index (χ0n) is 13.6. The van der Waals surface area contributed by atoms with E-state index in [0.717, 1.165) is 28.6 Å². The van der Waals surface area contributed by atoms with Gasteiger partial charge in [0.25, 0.3) is 0 Å². The average Bonchev–Trinajstić information content (AvgIpc) is 2.43. The van der Waals surface area contributed by atoms with Gasteiger partial charge in [0.2, 0.25) is 0 Å². The first-order valence-electron chi connectivity index (χ1n) is 8.17. The van der Waals surface area contributed by atoms with Gasteiger partial charge in [-0.3, -0.25) is 0 Å². The van der Waals surface area contributed by atoms with E-state index in [1.165, 1.54) is 31.4 Å². The second-order valence-corrected chi connectivity index (χ2v) is 8.35. The molecule has 0 radical (unpaired) electrons. The molecule has 1 saturated carbocycles. The molecule has 21 heavy (non-hydrogen) atoms. The zero-order valence-corrected chi connectivity index (χ0v) is 16.0. The van der Waals surface area contributed by atoms with E-state index in [1.54, 1.807) is 0 Å². The van der Waals surface area contributed by atoms with Crippen LogP contribution in [0.2, 0.25) is 0 Å². The summed E-state index contributed by atoms with van der Waals surface area (Å²) in [6.45, 7) is 9.16. The Balaban J connectivity index is 2.17. The van der Waals surface area contributed by atoms with Crippen molar-refractivity contribution in [3.8, 4) is 0 Å². The molecule has 1 aliphatic carbocycles. The molecule has 0 unspecified atom stereocenters. The molecule has 0 saturated heterocycles. The molecule has 0 aromatic carbocycles. The average molecular weight is 371 g/mol. The fourth-order valence-electron chi connectivity index (χ4n) is 3.33. The molecule has 0 aliphatic heterocycles. The van der Waals surface area contributed by atoms with Crippen LogP contribution < -0.4 is 0 Å². The molecular weight excluding hydrogens is 344 g/mol. The van der Waals surface area contributed by atoms with Crippen LogP contribution in [0.25, 0.3) is 0 Å². The molecule has 1 N–H and O–H groups in total. The van der Waals surface area contributed by atoms with Crippen molar-refractivity contribution in [3.63, 3.8) is 0 Å². The number of aromatic amines is 1. The Labute approximate surface area is 142 Å². The Morgan fingerprint density at radius 2 is 1.81 bits per heavy atom. The van der Waals surface area contributed by atoms with Crippen molar-refractivity contribution in [3.05, 3.63) is 20.6 Å². The normalized spacial score (nSPS) is 23.0. The summed E-state index contributed by atoms with van der Waals surface area (Å²) in [5.41, 5.74) is 1.21. The van der Waals surface area contributed by atoms with Crippen LogP contribution in [0.1, 0.15) is 70.8 Å². The molecular formula is C17H27BrN2S. The van der Waals surface area contributed by atoms with Crippen LogP contribution in [-0.2, 0) is 6.42 Å². The first kappa shape index (κ1) is 17.1. The number of hydrogen-bond donors (Lipinski definition) is 1. The number of hydrogen-bond acceptors (Lipinski definition) is 2. The van der Waals surface area contributed by atoms with Crippen LogP contribution in [0.5, 0.6) is 0 Å². The number of aromatic nitrogens is 2. The first-order chi connectivity index (χ1) is 9.88.